The molecule has 1 rings (SSSR count). The van der Waals surface area contributed by atoms with E-state index >= 15 is 0 Å². The van der Waals surface area contributed by atoms with Crippen molar-refractivity contribution >= 4 is 17.5 Å². The van der Waals surface area contributed by atoms with Gasteiger partial charge in [-0.1, -0.05) is 24.9 Å². The lowest BCUT2D eigenvalue weighted by Crippen LogP contribution is -2.25. The first-order valence-corrected chi connectivity index (χ1v) is 8.00. The van der Waals surface area contributed by atoms with Gasteiger partial charge in [0.25, 0.3) is 5.91 Å². The second-order valence-electron chi connectivity index (χ2n) is 4.75. The Morgan fingerprint density at radius 1 is 1.27 bits per heavy atom. The van der Waals surface area contributed by atoms with Crippen molar-refractivity contribution in [3.63, 3.8) is 0 Å². The van der Waals surface area contributed by atoms with Gasteiger partial charge in [-0.2, -0.15) is 0 Å². The third-order valence-corrected chi connectivity index (χ3v) is 3.22. The SMILES string of the molecule is CCCCOc1c(Cl)cc(C(=O)NCCCO)cc1OCC. The average molecular weight is 330 g/mol. The standard InChI is InChI=1S/C16H24ClNO4/c1-3-5-9-22-15-13(17)10-12(11-14(15)21-4-2)16(20)18-7-6-8-19/h10-11,19H,3-9H2,1-2H3,(H,18,20). The predicted molar refractivity (Wildman–Crippen MR) is 87.1 cm³/mol. The summed E-state index contributed by atoms with van der Waals surface area (Å²) in [6, 6.07) is 3.20. The summed E-state index contributed by atoms with van der Waals surface area (Å²) in [6.07, 6.45) is 2.45. The Morgan fingerprint density at radius 3 is 2.68 bits per heavy atom. The number of ether oxygens (including phenoxy) is 2. The van der Waals surface area contributed by atoms with Crippen LogP contribution in [0.4, 0.5) is 0 Å². The number of nitrogens with one attached hydrogen (secondary N) is 1. The van der Waals surface area contributed by atoms with E-state index in [0.29, 0.717) is 48.3 Å². The van der Waals surface area contributed by atoms with Gasteiger partial charge in [0.15, 0.2) is 11.5 Å². The number of benzene rings is 1. The Kier molecular flexibility index (Phi) is 8.70. The predicted octanol–water partition coefficient (Wildman–Crippen LogP) is 3.03. The topological polar surface area (TPSA) is 67.8 Å². The second kappa shape index (κ2) is 10.3. The zero-order valence-electron chi connectivity index (χ0n) is 13.2. The van der Waals surface area contributed by atoms with Gasteiger partial charge in [-0.25, -0.2) is 0 Å². The van der Waals surface area contributed by atoms with Crippen LogP contribution in [0.25, 0.3) is 0 Å². The van der Waals surface area contributed by atoms with Crippen LogP contribution in [0.3, 0.4) is 0 Å². The molecule has 0 aliphatic rings. The number of unbranched alkanes of at least 4 members (excludes halogenated alkanes) is 1. The van der Waals surface area contributed by atoms with Crippen LogP contribution in [0.15, 0.2) is 12.1 Å². The largest absolute Gasteiger partial charge is 0.490 e. The van der Waals surface area contributed by atoms with Crippen LogP contribution < -0.4 is 14.8 Å². The van der Waals surface area contributed by atoms with Gasteiger partial charge in [0, 0.05) is 18.7 Å². The number of rotatable bonds is 10. The fourth-order valence-corrected chi connectivity index (χ4v) is 2.07. The van der Waals surface area contributed by atoms with E-state index in [-0.39, 0.29) is 12.5 Å². The molecule has 0 aliphatic heterocycles. The summed E-state index contributed by atoms with van der Waals surface area (Å²) in [5.74, 6) is 0.693. The number of hydrogen-bond acceptors (Lipinski definition) is 4. The molecule has 1 aromatic carbocycles. The van der Waals surface area contributed by atoms with E-state index in [1.807, 2.05) is 6.92 Å². The molecule has 0 unspecified atom stereocenters. The average Bonchev–Trinajstić information content (AvgIpc) is 2.50. The molecule has 0 heterocycles. The number of carbonyl (C=O) groups is 1. The van der Waals surface area contributed by atoms with Crippen molar-refractivity contribution in [3.05, 3.63) is 22.7 Å². The van der Waals surface area contributed by atoms with Crippen molar-refractivity contribution in [2.45, 2.75) is 33.1 Å². The summed E-state index contributed by atoms with van der Waals surface area (Å²) in [6.45, 7) is 5.39. The van der Waals surface area contributed by atoms with Crippen LogP contribution in [-0.2, 0) is 0 Å². The lowest BCUT2D eigenvalue weighted by molar-refractivity contribution is 0.0950. The Balaban J connectivity index is 2.90. The molecule has 0 radical (unpaired) electrons. The van der Waals surface area contributed by atoms with Crippen molar-refractivity contribution < 1.29 is 19.4 Å². The van der Waals surface area contributed by atoms with Crippen molar-refractivity contribution in [3.8, 4) is 11.5 Å². The monoisotopic (exact) mass is 329 g/mol. The number of aliphatic hydroxyl groups excluding tert-OH is 1. The van der Waals surface area contributed by atoms with Crippen LogP contribution >= 0.6 is 11.6 Å². The maximum absolute atomic E-state index is 12.1. The highest BCUT2D eigenvalue weighted by Crippen LogP contribution is 2.36. The quantitative estimate of drug-likeness (QED) is 0.647. The molecule has 0 aliphatic carbocycles. The van der Waals surface area contributed by atoms with Gasteiger partial charge in [0.1, 0.15) is 0 Å². The molecule has 0 bridgehead atoms. The van der Waals surface area contributed by atoms with Gasteiger partial charge in [-0.15, -0.1) is 0 Å². The molecule has 6 heteroatoms. The Hall–Kier alpha value is -1.46. The van der Waals surface area contributed by atoms with E-state index in [1.165, 1.54) is 0 Å². The van der Waals surface area contributed by atoms with E-state index in [9.17, 15) is 4.79 Å². The number of carbonyl (C=O) groups excluding carboxylic acids is 1. The molecule has 0 saturated heterocycles. The Morgan fingerprint density at radius 2 is 2.05 bits per heavy atom. The molecule has 0 atom stereocenters. The normalized spacial score (nSPS) is 10.4. The van der Waals surface area contributed by atoms with E-state index in [1.54, 1.807) is 12.1 Å². The first-order valence-electron chi connectivity index (χ1n) is 7.62. The zero-order chi connectivity index (χ0) is 16.4. The van der Waals surface area contributed by atoms with Gasteiger partial charge in [-0.05, 0) is 31.9 Å². The number of hydrogen-bond donors (Lipinski definition) is 2. The molecule has 1 amide bonds. The van der Waals surface area contributed by atoms with Gasteiger partial charge < -0.3 is 19.9 Å². The van der Waals surface area contributed by atoms with E-state index in [0.717, 1.165) is 12.8 Å². The number of amides is 1. The fourth-order valence-electron chi connectivity index (χ4n) is 1.80. The highest BCUT2D eigenvalue weighted by molar-refractivity contribution is 6.32. The molecule has 124 valence electrons. The highest BCUT2D eigenvalue weighted by atomic mass is 35.5. The molecule has 1 aromatic rings. The van der Waals surface area contributed by atoms with Gasteiger partial charge in [0.05, 0.1) is 18.2 Å². The lowest BCUT2D eigenvalue weighted by atomic mass is 10.2. The number of aliphatic hydroxyl groups is 1. The summed E-state index contributed by atoms with van der Waals surface area (Å²) in [5.41, 5.74) is 0.411. The molecule has 0 spiro atoms. The van der Waals surface area contributed by atoms with Crippen LogP contribution in [0.5, 0.6) is 11.5 Å². The molecule has 22 heavy (non-hydrogen) atoms. The van der Waals surface area contributed by atoms with Crippen molar-refractivity contribution in [2.24, 2.45) is 0 Å². The molecule has 2 N–H and O–H groups in total. The summed E-state index contributed by atoms with van der Waals surface area (Å²) in [4.78, 5) is 12.1. The van der Waals surface area contributed by atoms with Crippen LogP contribution in [0, 0.1) is 0 Å². The first-order chi connectivity index (χ1) is 10.6. The maximum Gasteiger partial charge on any atom is 0.251 e. The minimum Gasteiger partial charge on any atom is -0.490 e. The summed E-state index contributed by atoms with van der Waals surface area (Å²) in [7, 11) is 0. The molecule has 0 aromatic heterocycles. The Labute approximate surface area is 136 Å². The Bertz CT molecular complexity index is 479. The zero-order valence-corrected chi connectivity index (χ0v) is 13.9. The molecular formula is C16H24ClNO4. The second-order valence-corrected chi connectivity index (χ2v) is 5.16. The molecular weight excluding hydrogens is 306 g/mol. The van der Waals surface area contributed by atoms with Gasteiger partial charge in [0.2, 0.25) is 0 Å². The third kappa shape index (κ3) is 5.73. The fraction of sp³-hybridized carbons (Fsp3) is 0.562. The molecule has 0 fully saturated rings. The number of halogens is 1. The van der Waals surface area contributed by atoms with Crippen molar-refractivity contribution in [1.29, 1.82) is 0 Å². The lowest BCUT2D eigenvalue weighted by Gasteiger charge is -2.15. The molecule has 0 saturated carbocycles. The smallest absolute Gasteiger partial charge is 0.251 e. The highest BCUT2D eigenvalue weighted by Gasteiger charge is 2.16. The van der Waals surface area contributed by atoms with Crippen LogP contribution in [0.2, 0.25) is 5.02 Å². The van der Waals surface area contributed by atoms with Crippen molar-refractivity contribution in [1.82, 2.24) is 5.32 Å². The summed E-state index contributed by atoms with van der Waals surface area (Å²) in [5, 5.41) is 11.8. The minimum atomic E-state index is -0.253. The molecule has 5 nitrogen and oxygen atoms in total. The van der Waals surface area contributed by atoms with Crippen molar-refractivity contribution in [2.75, 3.05) is 26.4 Å². The summed E-state index contributed by atoms with van der Waals surface area (Å²) < 4.78 is 11.2. The van der Waals surface area contributed by atoms with E-state index < -0.39 is 0 Å². The van der Waals surface area contributed by atoms with Crippen LogP contribution in [0.1, 0.15) is 43.5 Å². The maximum atomic E-state index is 12.1. The summed E-state index contributed by atoms with van der Waals surface area (Å²) >= 11 is 6.23. The van der Waals surface area contributed by atoms with Gasteiger partial charge in [-0.3, -0.25) is 4.79 Å². The minimum absolute atomic E-state index is 0.0371. The van der Waals surface area contributed by atoms with Crippen LogP contribution in [-0.4, -0.2) is 37.4 Å². The van der Waals surface area contributed by atoms with E-state index in [4.69, 9.17) is 26.2 Å². The van der Waals surface area contributed by atoms with E-state index in [2.05, 4.69) is 12.2 Å². The first kappa shape index (κ1) is 18.6. The van der Waals surface area contributed by atoms with Gasteiger partial charge >= 0.3 is 0 Å². The third-order valence-electron chi connectivity index (χ3n) is 2.94.